The van der Waals surface area contributed by atoms with E-state index in [1.54, 1.807) is 10.0 Å². The summed E-state index contributed by atoms with van der Waals surface area (Å²) < 4.78 is 88.7. The van der Waals surface area contributed by atoms with Gasteiger partial charge in [-0.2, -0.15) is 13.2 Å². The van der Waals surface area contributed by atoms with E-state index in [0.29, 0.717) is 12.1 Å². The number of sulfonamides is 1. The lowest BCUT2D eigenvalue weighted by Gasteiger charge is -2.15. The number of carbonyl (C=O) groups excluding carboxylic acids is 1. The van der Waals surface area contributed by atoms with Crippen molar-refractivity contribution in [1.82, 2.24) is 10.0 Å². The summed E-state index contributed by atoms with van der Waals surface area (Å²) >= 11 is 0. The predicted molar refractivity (Wildman–Crippen MR) is 73.6 cm³/mol. The van der Waals surface area contributed by atoms with Crippen molar-refractivity contribution in [2.45, 2.75) is 17.0 Å². The van der Waals surface area contributed by atoms with E-state index in [1.807, 2.05) is 0 Å². The normalized spacial score (nSPS) is 12.9. The Kier molecular flexibility index (Phi) is 6.25. The minimum Gasteiger partial charge on any atom is -0.349 e. The molecule has 0 atom stereocenters. The Hall–Kier alpha value is -1.79. The number of nitrogens with two attached hydrogens (primary N) is 1. The summed E-state index contributed by atoms with van der Waals surface area (Å²) in [5.41, 5.74) is 3.57. The second-order valence-electron chi connectivity index (χ2n) is 4.69. The highest BCUT2D eigenvalue weighted by molar-refractivity contribution is 7.89. The van der Waals surface area contributed by atoms with Crippen molar-refractivity contribution in [3.63, 3.8) is 0 Å². The summed E-state index contributed by atoms with van der Waals surface area (Å²) in [6.07, 6.45) is -4.74. The van der Waals surface area contributed by atoms with Crippen molar-refractivity contribution < 1.29 is 35.2 Å². The third kappa shape index (κ3) is 6.02. The van der Waals surface area contributed by atoms with Gasteiger partial charge in [0.25, 0.3) is 5.92 Å². The van der Waals surface area contributed by atoms with Crippen LogP contribution in [-0.2, 0) is 21.0 Å². The van der Waals surface area contributed by atoms with Gasteiger partial charge < -0.3 is 11.1 Å². The number of hydrogen-bond acceptors (Lipinski definition) is 4. The molecule has 0 saturated carbocycles. The van der Waals surface area contributed by atoms with Crippen molar-refractivity contribution in [2.75, 3.05) is 19.6 Å². The third-order valence-electron chi connectivity index (χ3n) is 2.74. The molecule has 4 N–H and O–H groups in total. The molecule has 0 aliphatic heterocycles. The molecule has 1 aromatic rings. The Labute approximate surface area is 134 Å². The van der Waals surface area contributed by atoms with E-state index in [1.165, 1.54) is 0 Å². The molecular weight excluding hydrogens is 361 g/mol. The molecule has 12 heteroatoms. The van der Waals surface area contributed by atoms with Crippen LogP contribution in [0.15, 0.2) is 29.2 Å². The molecule has 0 saturated heterocycles. The van der Waals surface area contributed by atoms with Gasteiger partial charge in [0.15, 0.2) is 0 Å². The Balaban J connectivity index is 2.72. The molecule has 0 aliphatic carbocycles. The van der Waals surface area contributed by atoms with Crippen LogP contribution in [0.25, 0.3) is 0 Å². The summed E-state index contributed by atoms with van der Waals surface area (Å²) in [5.74, 6) is -4.44. The Morgan fingerprint density at radius 3 is 2.33 bits per heavy atom. The first-order valence-electron chi connectivity index (χ1n) is 6.39. The minimum atomic E-state index is -4.74. The van der Waals surface area contributed by atoms with Gasteiger partial charge in [-0.05, 0) is 18.2 Å². The SMILES string of the molecule is NCC(F)(F)CNC(=O)CNS(=O)(=O)c1cccc(C(F)(F)F)c1. The van der Waals surface area contributed by atoms with Gasteiger partial charge in [-0.3, -0.25) is 4.79 Å². The largest absolute Gasteiger partial charge is 0.416 e. The molecular formula is C12H14F5N3O3S. The standard InChI is InChI=1S/C12H14F5N3O3S/c13-11(14,6-18)7-19-10(21)5-20-24(22,23)9-3-1-2-8(4-9)12(15,16)17/h1-4,20H,5-7,18H2,(H,19,21). The molecule has 6 nitrogen and oxygen atoms in total. The predicted octanol–water partition coefficient (Wildman–Crippen LogP) is 0.694. The second kappa shape index (κ2) is 7.40. The summed E-state index contributed by atoms with van der Waals surface area (Å²) in [5, 5.41) is 1.76. The molecule has 1 aromatic carbocycles. The zero-order valence-electron chi connectivity index (χ0n) is 12.0. The second-order valence-corrected chi connectivity index (χ2v) is 6.45. The maximum atomic E-state index is 12.8. The lowest BCUT2D eigenvalue weighted by molar-refractivity contribution is -0.137. The van der Waals surface area contributed by atoms with E-state index >= 15 is 0 Å². The average Bonchev–Trinajstić information content (AvgIpc) is 2.50. The molecule has 0 aliphatic rings. The van der Waals surface area contributed by atoms with Crippen molar-refractivity contribution in [1.29, 1.82) is 0 Å². The highest BCUT2D eigenvalue weighted by Crippen LogP contribution is 2.30. The number of halogens is 5. The Morgan fingerprint density at radius 2 is 1.79 bits per heavy atom. The number of rotatable bonds is 7. The monoisotopic (exact) mass is 375 g/mol. The number of nitrogens with one attached hydrogen (secondary N) is 2. The van der Waals surface area contributed by atoms with Crippen LogP contribution in [0.3, 0.4) is 0 Å². The molecule has 0 radical (unpaired) electrons. The maximum absolute atomic E-state index is 12.8. The fourth-order valence-electron chi connectivity index (χ4n) is 1.45. The molecule has 0 unspecified atom stereocenters. The van der Waals surface area contributed by atoms with Crippen LogP contribution < -0.4 is 15.8 Å². The van der Waals surface area contributed by atoms with Gasteiger partial charge in [0.1, 0.15) is 0 Å². The van der Waals surface area contributed by atoms with E-state index < -0.39 is 58.1 Å². The minimum absolute atomic E-state index is 0.392. The van der Waals surface area contributed by atoms with Crippen molar-refractivity contribution in [3.8, 4) is 0 Å². The quantitative estimate of drug-likeness (QED) is 0.611. The lowest BCUT2D eigenvalue weighted by atomic mass is 10.2. The van der Waals surface area contributed by atoms with Crippen molar-refractivity contribution in [2.24, 2.45) is 5.73 Å². The number of hydrogen-bond donors (Lipinski definition) is 3. The first-order valence-corrected chi connectivity index (χ1v) is 7.87. The van der Waals surface area contributed by atoms with Crippen LogP contribution in [0.1, 0.15) is 5.56 Å². The van der Waals surface area contributed by atoms with E-state index in [9.17, 15) is 35.2 Å². The molecule has 0 spiro atoms. The van der Waals surface area contributed by atoms with Gasteiger partial charge in [-0.15, -0.1) is 0 Å². The topological polar surface area (TPSA) is 101 Å². The van der Waals surface area contributed by atoms with Gasteiger partial charge in [-0.25, -0.2) is 21.9 Å². The molecule has 1 rings (SSSR count). The van der Waals surface area contributed by atoms with Crippen LogP contribution >= 0.6 is 0 Å². The fourth-order valence-corrected chi connectivity index (χ4v) is 2.47. The van der Waals surface area contributed by atoms with Crippen LogP contribution in [0.2, 0.25) is 0 Å². The number of carbonyl (C=O) groups is 1. The zero-order valence-corrected chi connectivity index (χ0v) is 12.8. The van der Waals surface area contributed by atoms with Gasteiger partial charge in [0.2, 0.25) is 15.9 Å². The molecule has 136 valence electrons. The number of amides is 1. The molecule has 0 bridgehead atoms. The summed E-state index contributed by atoms with van der Waals surface area (Å²) in [6.45, 7) is -3.02. The Morgan fingerprint density at radius 1 is 1.17 bits per heavy atom. The molecule has 1 amide bonds. The molecule has 0 heterocycles. The highest BCUT2D eigenvalue weighted by atomic mass is 32.2. The van der Waals surface area contributed by atoms with Crippen LogP contribution in [0.5, 0.6) is 0 Å². The average molecular weight is 375 g/mol. The van der Waals surface area contributed by atoms with Crippen LogP contribution in [-0.4, -0.2) is 39.9 Å². The maximum Gasteiger partial charge on any atom is 0.416 e. The van der Waals surface area contributed by atoms with E-state index in [4.69, 9.17) is 5.73 Å². The number of alkyl halides is 5. The van der Waals surface area contributed by atoms with E-state index in [0.717, 1.165) is 12.1 Å². The summed E-state index contributed by atoms with van der Waals surface area (Å²) in [6, 6.07) is 2.86. The fraction of sp³-hybridized carbons (Fsp3) is 0.417. The van der Waals surface area contributed by atoms with Crippen LogP contribution in [0, 0.1) is 0 Å². The van der Waals surface area contributed by atoms with E-state index in [-0.39, 0.29) is 0 Å². The summed E-state index contributed by atoms with van der Waals surface area (Å²) in [4.78, 5) is 10.6. The molecule has 24 heavy (non-hydrogen) atoms. The van der Waals surface area contributed by atoms with Crippen molar-refractivity contribution >= 4 is 15.9 Å². The van der Waals surface area contributed by atoms with Gasteiger partial charge >= 0.3 is 6.18 Å². The Bertz CT molecular complexity index is 691. The first-order chi connectivity index (χ1) is 10.9. The third-order valence-corrected chi connectivity index (χ3v) is 4.14. The van der Waals surface area contributed by atoms with Crippen molar-refractivity contribution in [3.05, 3.63) is 29.8 Å². The first kappa shape index (κ1) is 20.3. The molecule has 0 aromatic heterocycles. The van der Waals surface area contributed by atoms with Crippen LogP contribution in [0.4, 0.5) is 22.0 Å². The summed E-state index contributed by atoms with van der Waals surface area (Å²) in [7, 11) is -4.42. The van der Waals surface area contributed by atoms with E-state index in [2.05, 4.69) is 0 Å². The van der Waals surface area contributed by atoms with Gasteiger partial charge in [0, 0.05) is 0 Å². The number of benzene rings is 1. The lowest BCUT2D eigenvalue weighted by Crippen LogP contribution is -2.44. The van der Waals surface area contributed by atoms with Gasteiger partial charge in [-0.1, -0.05) is 6.07 Å². The highest BCUT2D eigenvalue weighted by Gasteiger charge is 2.32. The zero-order chi connectivity index (χ0) is 18.6. The smallest absolute Gasteiger partial charge is 0.349 e. The molecule has 0 fully saturated rings. The van der Waals surface area contributed by atoms with Gasteiger partial charge in [0.05, 0.1) is 30.1 Å².